The first kappa shape index (κ1) is 38.0. The van der Waals surface area contributed by atoms with Crippen molar-refractivity contribution in [3.8, 4) is 0 Å². The molecule has 1 saturated heterocycles. The third-order valence-electron chi connectivity index (χ3n) is 10.1. The van der Waals surface area contributed by atoms with Crippen LogP contribution in [-0.2, 0) is 34.7 Å². The summed E-state index contributed by atoms with van der Waals surface area (Å²) >= 11 is 14.7. The van der Waals surface area contributed by atoms with Gasteiger partial charge in [-0.1, -0.05) is 191 Å². The van der Waals surface area contributed by atoms with Crippen LogP contribution in [0.5, 0.6) is 0 Å². The van der Waals surface area contributed by atoms with E-state index in [1.807, 2.05) is 0 Å². The fourth-order valence-electron chi connectivity index (χ4n) is 7.06. The lowest BCUT2D eigenvalue weighted by Gasteiger charge is -2.32. The van der Waals surface area contributed by atoms with Crippen LogP contribution in [0.4, 0.5) is 0 Å². The molecule has 3 nitrogen and oxygen atoms in total. The Morgan fingerprint density at radius 2 is 0.820 bits per heavy atom. The molecule has 1 aliphatic heterocycles. The molecule has 266 valence electrons. The zero-order chi connectivity index (χ0) is 37.0. The van der Waals surface area contributed by atoms with Gasteiger partial charge in [-0.05, 0) is 66.2 Å². The second kappa shape index (κ2) is 13.7. The maximum atomic E-state index is 10.0. The number of hydrogen-bond acceptors (Lipinski definition) is 1. The molecule has 0 spiro atoms. The minimum absolute atomic E-state index is 0.0606. The van der Waals surface area contributed by atoms with E-state index in [1.165, 1.54) is 11.1 Å². The van der Waals surface area contributed by atoms with Gasteiger partial charge in [-0.2, -0.15) is 0 Å². The number of nitrogens with zero attached hydrogens (tertiary/aromatic N) is 2. The average Bonchev–Trinajstić information content (AvgIpc) is 3.28. The highest BCUT2D eigenvalue weighted by Crippen LogP contribution is 2.48. The van der Waals surface area contributed by atoms with E-state index in [1.54, 1.807) is 0 Å². The van der Waals surface area contributed by atoms with E-state index in [4.69, 9.17) is 23.2 Å². The summed E-state index contributed by atoms with van der Waals surface area (Å²) in [5.41, 5.74) is 8.81. The summed E-state index contributed by atoms with van der Waals surface area (Å²) in [5, 5.41) is 11.6. The topological polar surface area (TPSA) is 30.3 Å². The molecule has 5 rings (SSSR count). The van der Waals surface area contributed by atoms with Crippen molar-refractivity contribution in [1.29, 1.82) is 5.41 Å². The van der Waals surface area contributed by atoms with Gasteiger partial charge < -0.3 is 9.80 Å². The quantitative estimate of drug-likeness (QED) is 0.216. The molecule has 0 aliphatic carbocycles. The zero-order valence-corrected chi connectivity index (χ0v) is 33.8. The summed E-state index contributed by atoms with van der Waals surface area (Å²) in [6, 6.07) is 30.2. The lowest BCUT2D eigenvalue weighted by molar-refractivity contribution is 0.263. The molecule has 1 N–H and O–H groups in total. The maximum absolute atomic E-state index is 10.0. The van der Waals surface area contributed by atoms with Crippen molar-refractivity contribution in [2.75, 3.05) is 0 Å². The first-order valence-corrected chi connectivity index (χ1v) is 18.7. The molecule has 5 heteroatoms. The fourth-order valence-corrected chi connectivity index (χ4v) is 7.97. The molecule has 0 amide bonds. The minimum Gasteiger partial charge on any atom is -0.329 e. The Kier molecular flexibility index (Phi) is 10.4. The molecule has 0 unspecified atom stereocenters. The number of guanidine groups is 1. The number of rotatable bonds is 6. The molecule has 0 radical (unpaired) electrons. The van der Waals surface area contributed by atoms with Crippen LogP contribution < -0.4 is 0 Å². The molecule has 1 heterocycles. The Balaban J connectivity index is 1.73. The predicted molar refractivity (Wildman–Crippen MR) is 215 cm³/mol. The van der Waals surface area contributed by atoms with Gasteiger partial charge in [0, 0.05) is 23.1 Å². The lowest BCUT2D eigenvalue weighted by atomic mass is 9.79. The van der Waals surface area contributed by atoms with E-state index in [0.29, 0.717) is 19.0 Å². The SMILES string of the molecule is CC(C)(C)c1cc(CN2C(=N)N(Cc3cc(C(C)(C)C)cc(C(C)(C)C)c3Cl)[C@@H](c3ccccc3)[C@@H]2c2ccccc2)c(Cl)c(C(C)(C)C)c1. The van der Waals surface area contributed by atoms with Crippen LogP contribution in [0, 0.1) is 5.41 Å². The molecule has 50 heavy (non-hydrogen) atoms. The molecular formula is C45H57Cl2N3. The van der Waals surface area contributed by atoms with Crippen LogP contribution in [0.15, 0.2) is 84.9 Å². The summed E-state index contributed by atoms with van der Waals surface area (Å²) in [4.78, 5) is 4.53. The Labute approximate surface area is 312 Å². The van der Waals surface area contributed by atoms with Gasteiger partial charge >= 0.3 is 0 Å². The third-order valence-corrected chi connectivity index (χ3v) is 11.0. The minimum atomic E-state index is -0.136. The Morgan fingerprint density at radius 3 is 1.10 bits per heavy atom. The van der Waals surface area contributed by atoms with Crippen molar-refractivity contribution >= 4 is 29.2 Å². The molecule has 0 bridgehead atoms. The first-order chi connectivity index (χ1) is 23.1. The van der Waals surface area contributed by atoms with Crippen LogP contribution >= 0.6 is 23.2 Å². The Bertz CT molecular complexity index is 1700. The first-order valence-electron chi connectivity index (χ1n) is 18.0. The van der Waals surface area contributed by atoms with Crippen LogP contribution in [0.3, 0.4) is 0 Å². The molecule has 0 saturated carbocycles. The van der Waals surface area contributed by atoms with Crippen molar-refractivity contribution in [2.45, 2.75) is 130 Å². The summed E-state index contributed by atoms with van der Waals surface area (Å²) in [6.45, 7) is 27.9. The molecule has 1 aliphatic rings. The zero-order valence-electron chi connectivity index (χ0n) is 32.3. The Hall–Kier alpha value is -3.27. The highest BCUT2D eigenvalue weighted by atomic mass is 35.5. The third kappa shape index (κ3) is 7.80. The van der Waals surface area contributed by atoms with Crippen molar-refractivity contribution in [3.05, 3.63) is 139 Å². The standard InChI is InChI=1S/C45H57Cl2N3/c1-42(2,3)33-23-31(37(46)35(25-33)44(7,8)9)27-49-39(29-19-15-13-16-20-29)40(30-21-17-14-18-22-30)50(41(49)48)28-32-24-34(43(4,5)6)26-36(38(32)47)45(10,11)12/h13-26,39-40,48H,27-28H2,1-12H3/t39-,40-/m0/s1. The van der Waals surface area contributed by atoms with E-state index in [-0.39, 0.29) is 33.7 Å². The van der Waals surface area contributed by atoms with Crippen LogP contribution in [0.1, 0.15) is 140 Å². The second-order valence-electron chi connectivity index (χ2n) is 18.3. The number of benzene rings is 4. The van der Waals surface area contributed by atoms with Crippen molar-refractivity contribution in [1.82, 2.24) is 9.80 Å². The summed E-state index contributed by atoms with van der Waals surface area (Å²) < 4.78 is 0. The van der Waals surface area contributed by atoms with E-state index < -0.39 is 0 Å². The summed E-state index contributed by atoms with van der Waals surface area (Å²) in [7, 11) is 0. The summed E-state index contributed by atoms with van der Waals surface area (Å²) in [6.07, 6.45) is 0. The van der Waals surface area contributed by atoms with Gasteiger partial charge in [0.25, 0.3) is 0 Å². The second-order valence-corrected chi connectivity index (χ2v) is 19.0. The van der Waals surface area contributed by atoms with Gasteiger partial charge in [-0.3, -0.25) is 5.41 Å². The number of halogens is 2. The number of nitrogens with one attached hydrogen (secondary N) is 1. The predicted octanol–water partition coefficient (Wildman–Crippen LogP) is 12.9. The fraction of sp³-hybridized carbons (Fsp3) is 0.444. The molecule has 0 aromatic heterocycles. The van der Waals surface area contributed by atoms with Gasteiger partial charge in [-0.25, -0.2) is 0 Å². The lowest BCUT2D eigenvalue weighted by Crippen LogP contribution is -2.33. The highest BCUT2D eigenvalue weighted by Gasteiger charge is 2.46. The highest BCUT2D eigenvalue weighted by molar-refractivity contribution is 6.32. The van der Waals surface area contributed by atoms with Gasteiger partial charge in [0.15, 0.2) is 5.96 Å². The van der Waals surface area contributed by atoms with Crippen molar-refractivity contribution < 1.29 is 0 Å². The van der Waals surface area contributed by atoms with Crippen LogP contribution in [-0.4, -0.2) is 15.8 Å². The normalized spacial score (nSPS) is 17.5. The van der Waals surface area contributed by atoms with Gasteiger partial charge in [0.05, 0.1) is 12.1 Å². The van der Waals surface area contributed by atoms with Gasteiger partial charge in [-0.15, -0.1) is 0 Å². The average molecular weight is 711 g/mol. The van der Waals surface area contributed by atoms with E-state index in [9.17, 15) is 5.41 Å². The largest absolute Gasteiger partial charge is 0.329 e. The van der Waals surface area contributed by atoms with Crippen molar-refractivity contribution in [2.24, 2.45) is 0 Å². The monoisotopic (exact) mass is 709 g/mol. The van der Waals surface area contributed by atoms with Crippen molar-refractivity contribution in [3.63, 3.8) is 0 Å². The molecular weight excluding hydrogens is 653 g/mol. The Morgan fingerprint density at radius 1 is 0.500 bits per heavy atom. The maximum Gasteiger partial charge on any atom is 0.195 e. The number of hydrogen-bond donors (Lipinski definition) is 1. The molecule has 1 fully saturated rings. The van der Waals surface area contributed by atoms with Crippen LogP contribution in [0.25, 0.3) is 0 Å². The molecule has 4 aromatic rings. The van der Waals surface area contributed by atoms with Gasteiger partial charge in [0.2, 0.25) is 0 Å². The summed E-state index contributed by atoms with van der Waals surface area (Å²) in [5.74, 6) is 0.469. The van der Waals surface area contributed by atoms with E-state index >= 15 is 0 Å². The van der Waals surface area contributed by atoms with E-state index in [2.05, 4.69) is 178 Å². The molecule has 4 aromatic carbocycles. The smallest absolute Gasteiger partial charge is 0.195 e. The van der Waals surface area contributed by atoms with Gasteiger partial charge in [0.1, 0.15) is 0 Å². The van der Waals surface area contributed by atoms with E-state index in [0.717, 1.165) is 43.4 Å². The van der Waals surface area contributed by atoms with Crippen LogP contribution in [0.2, 0.25) is 10.0 Å². The molecule has 2 atom stereocenters.